The minimum Gasteiger partial charge on any atom is -0.396 e. The summed E-state index contributed by atoms with van der Waals surface area (Å²) in [7, 11) is 0. The summed E-state index contributed by atoms with van der Waals surface area (Å²) in [6.45, 7) is 4.47. The fourth-order valence-corrected chi connectivity index (χ4v) is 1.18. The summed E-state index contributed by atoms with van der Waals surface area (Å²) >= 11 is 0. The molecule has 68 valence electrons. The van der Waals surface area contributed by atoms with E-state index in [1.165, 1.54) is 12.8 Å². The van der Waals surface area contributed by atoms with E-state index in [9.17, 15) is 0 Å². The Bertz CT molecular complexity index is 79.6. The Morgan fingerprint density at radius 3 is 2.09 bits per heavy atom. The summed E-state index contributed by atoms with van der Waals surface area (Å²) in [5.74, 6) is 0.534. The SMILES string of the molecule is CCCCC(C)C(CO)CO. The third-order valence-electron chi connectivity index (χ3n) is 2.29. The smallest absolute Gasteiger partial charge is 0.0483 e. The van der Waals surface area contributed by atoms with Crippen LogP contribution in [0.4, 0.5) is 0 Å². The zero-order valence-electron chi connectivity index (χ0n) is 7.58. The molecule has 0 amide bonds. The highest BCUT2D eigenvalue weighted by molar-refractivity contribution is 4.63. The van der Waals surface area contributed by atoms with Crippen molar-refractivity contribution in [3.63, 3.8) is 0 Å². The van der Waals surface area contributed by atoms with Crippen molar-refractivity contribution < 1.29 is 10.2 Å². The topological polar surface area (TPSA) is 40.5 Å². The van der Waals surface area contributed by atoms with Gasteiger partial charge < -0.3 is 10.2 Å². The molecule has 2 nitrogen and oxygen atoms in total. The molecule has 0 aliphatic rings. The maximum atomic E-state index is 8.84. The second-order valence-corrected chi connectivity index (χ2v) is 3.24. The van der Waals surface area contributed by atoms with Crippen molar-refractivity contribution in [2.45, 2.75) is 33.1 Å². The van der Waals surface area contributed by atoms with Gasteiger partial charge in [0.05, 0.1) is 0 Å². The lowest BCUT2D eigenvalue weighted by Gasteiger charge is -2.18. The highest BCUT2D eigenvalue weighted by Gasteiger charge is 2.14. The van der Waals surface area contributed by atoms with Crippen LogP contribution in [0.5, 0.6) is 0 Å². The summed E-state index contributed by atoms with van der Waals surface area (Å²) in [6, 6.07) is 0. The fourth-order valence-electron chi connectivity index (χ4n) is 1.18. The molecule has 0 bridgehead atoms. The molecule has 0 rings (SSSR count). The van der Waals surface area contributed by atoms with Crippen molar-refractivity contribution >= 4 is 0 Å². The van der Waals surface area contributed by atoms with E-state index in [0.29, 0.717) is 5.92 Å². The molecule has 0 saturated carbocycles. The number of aliphatic hydroxyl groups excluding tert-OH is 2. The van der Waals surface area contributed by atoms with E-state index >= 15 is 0 Å². The first-order chi connectivity index (χ1) is 5.26. The number of hydrogen-bond donors (Lipinski definition) is 2. The van der Waals surface area contributed by atoms with Gasteiger partial charge in [-0.05, 0) is 5.92 Å². The lowest BCUT2D eigenvalue weighted by molar-refractivity contribution is 0.108. The van der Waals surface area contributed by atoms with Crippen molar-refractivity contribution in [1.29, 1.82) is 0 Å². The van der Waals surface area contributed by atoms with E-state index in [1.807, 2.05) is 0 Å². The van der Waals surface area contributed by atoms with Gasteiger partial charge in [0.2, 0.25) is 0 Å². The van der Waals surface area contributed by atoms with Crippen LogP contribution in [0.25, 0.3) is 0 Å². The first-order valence-electron chi connectivity index (χ1n) is 4.47. The van der Waals surface area contributed by atoms with E-state index < -0.39 is 0 Å². The predicted octanol–water partition coefficient (Wildman–Crippen LogP) is 1.41. The van der Waals surface area contributed by atoms with Gasteiger partial charge in [-0.25, -0.2) is 0 Å². The molecule has 1 atom stereocenters. The zero-order chi connectivity index (χ0) is 8.69. The van der Waals surface area contributed by atoms with E-state index in [-0.39, 0.29) is 19.1 Å². The van der Waals surface area contributed by atoms with Gasteiger partial charge in [0.1, 0.15) is 0 Å². The summed E-state index contributed by atoms with van der Waals surface area (Å²) in [5, 5.41) is 17.7. The molecule has 0 aliphatic carbocycles. The van der Waals surface area contributed by atoms with Crippen molar-refractivity contribution in [1.82, 2.24) is 0 Å². The van der Waals surface area contributed by atoms with Gasteiger partial charge in [0.15, 0.2) is 0 Å². The maximum Gasteiger partial charge on any atom is 0.0483 e. The van der Waals surface area contributed by atoms with Gasteiger partial charge in [0.25, 0.3) is 0 Å². The van der Waals surface area contributed by atoms with Crippen molar-refractivity contribution in [3.8, 4) is 0 Å². The molecule has 0 radical (unpaired) electrons. The molecular formula is C9H20O2. The third-order valence-corrected chi connectivity index (χ3v) is 2.29. The van der Waals surface area contributed by atoms with Crippen LogP contribution in [-0.4, -0.2) is 23.4 Å². The molecule has 0 aromatic carbocycles. The minimum absolute atomic E-state index is 0.0848. The molecule has 0 aliphatic heterocycles. The number of rotatable bonds is 6. The summed E-state index contributed by atoms with van der Waals surface area (Å²) < 4.78 is 0. The Morgan fingerprint density at radius 1 is 1.18 bits per heavy atom. The summed E-state index contributed by atoms with van der Waals surface area (Å²) in [5.41, 5.74) is 0. The molecule has 0 saturated heterocycles. The van der Waals surface area contributed by atoms with Gasteiger partial charge in [-0.3, -0.25) is 0 Å². The molecule has 0 aromatic rings. The Labute approximate surface area is 69.2 Å². The highest BCUT2D eigenvalue weighted by Crippen LogP contribution is 2.16. The number of hydrogen-bond acceptors (Lipinski definition) is 2. The number of aliphatic hydroxyl groups is 2. The van der Waals surface area contributed by atoms with Crippen LogP contribution in [0.15, 0.2) is 0 Å². The van der Waals surface area contributed by atoms with Crippen LogP contribution < -0.4 is 0 Å². The van der Waals surface area contributed by atoms with Crippen molar-refractivity contribution in [2.75, 3.05) is 13.2 Å². The summed E-state index contributed by atoms with van der Waals surface area (Å²) in [6.07, 6.45) is 3.49. The molecule has 11 heavy (non-hydrogen) atoms. The second kappa shape index (κ2) is 6.62. The lowest BCUT2D eigenvalue weighted by Crippen LogP contribution is -2.19. The molecule has 0 aromatic heterocycles. The molecule has 2 N–H and O–H groups in total. The normalized spacial score (nSPS) is 13.9. The van der Waals surface area contributed by atoms with E-state index in [2.05, 4.69) is 13.8 Å². The van der Waals surface area contributed by atoms with Crippen LogP contribution in [0, 0.1) is 11.8 Å². The van der Waals surface area contributed by atoms with Crippen LogP contribution in [0.2, 0.25) is 0 Å². The van der Waals surface area contributed by atoms with Crippen molar-refractivity contribution in [3.05, 3.63) is 0 Å². The largest absolute Gasteiger partial charge is 0.396 e. The Hall–Kier alpha value is -0.0800. The predicted molar refractivity (Wildman–Crippen MR) is 46.4 cm³/mol. The highest BCUT2D eigenvalue weighted by atomic mass is 16.3. The molecule has 0 fully saturated rings. The van der Waals surface area contributed by atoms with Gasteiger partial charge >= 0.3 is 0 Å². The fraction of sp³-hybridized carbons (Fsp3) is 1.00. The Kier molecular flexibility index (Phi) is 6.57. The average molecular weight is 160 g/mol. The Balaban J connectivity index is 3.51. The monoisotopic (exact) mass is 160 g/mol. The zero-order valence-corrected chi connectivity index (χ0v) is 7.58. The second-order valence-electron chi connectivity index (χ2n) is 3.24. The molecule has 0 heterocycles. The standard InChI is InChI=1S/C9H20O2/c1-3-4-5-8(2)9(6-10)7-11/h8-11H,3-7H2,1-2H3. The van der Waals surface area contributed by atoms with Gasteiger partial charge in [-0.15, -0.1) is 0 Å². The third kappa shape index (κ3) is 4.38. The van der Waals surface area contributed by atoms with Crippen LogP contribution in [-0.2, 0) is 0 Å². The van der Waals surface area contributed by atoms with Crippen LogP contribution in [0.3, 0.4) is 0 Å². The molecule has 2 heteroatoms. The molecular weight excluding hydrogens is 140 g/mol. The van der Waals surface area contributed by atoms with E-state index in [4.69, 9.17) is 10.2 Å². The van der Waals surface area contributed by atoms with Crippen molar-refractivity contribution in [2.24, 2.45) is 11.8 Å². The van der Waals surface area contributed by atoms with E-state index in [0.717, 1.165) is 6.42 Å². The molecule has 1 unspecified atom stereocenters. The van der Waals surface area contributed by atoms with E-state index in [1.54, 1.807) is 0 Å². The average Bonchev–Trinajstić information content (AvgIpc) is 2.03. The first-order valence-corrected chi connectivity index (χ1v) is 4.47. The lowest BCUT2D eigenvalue weighted by atomic mass is 9.91. The first kappa shape index (κ1) is 10.9. The van der Waals surface area contributed by atoms with Gasteiger partial charge in [-0.2, -0.15) is 0 Å². The van der Waals surface area contributed by atoms with Crippen LogP contribution >= 0.6 is 0 Å². The molecule has 0 spiro atoms. The van der Waals surface area contributed by atoms with Gasteiger partial charge in [0, 0.05) is 19.1 Å². The maximum absolute atomic E-state index is 8.84. The van der Waals surface area contributed by atoms with Crippen LogP contribution in [0.1, 0.15) is 33.1 Å². The number of unbranched alkanes of at least 4 members (excludes halogenated alkanes) is 1. The minimum atomic E-state index is 0.0848. The quantitative estimate of drug-likeness (QED) is 0.617. The summed E-state index contributed by atoms with van der Waals surface area (Å²) in [4.78, 5) is 0. The Morgan fingerprint density at radius 2 is 1.73 bits per heavy atom. The van der Waals surface area contributed by atoms with Gasteiger partial charge in [-0.1, -0.05) is 33.1 Å².